The van der Waals surface area contributed by atoms with E-state index in [0.29, 0.717) is 6.61 Å². The normalized spacial score (nSPS) is 11.2. The van der Waals surface area contributed by atoms with Crippen LogP contribution in [0.15, 0.2) is 66.7 Å². The molecule has 1 unspecified atom stereocenters. The zero-order chi connectivity index (χ0) is 26.7. The van der Waals surface area contributed by atoms with Gasteiger partial charge in [-0.1, -0.05) is 63.2 Å². The minimum absolute atomic E-state index is 0.00923. The van der Waals surface area contributed by atoms with Crippen molar-refractivity contribution in [2.24, 2.45) is 5.73 Å². The van der Waals surface area contributed by atoms with E-state index in [0.717, 1.165) is 45.5 Å². The fourth-order valence-electron chi connectivity index (χ4n) is 3.97. The molecule has 0 aliphatic heterocycles. The summed E-state index contributed by atoms with van der Waals surface area (Å²) in [5.41, 5.74) is 12.9. The van der Waals surface area contributed by atoms with Crippen LogP contribution in [0.2, 0.25) is 0 Å². The second kappa shape index (κ2) is 14.0. The lowest BCUT2D eigenvalue weighted by molar-refractivity contribution is -0.122. The Hall–Kier alpha value is -3.64. The van der Waals surface area contributed by atoms with E-state index in [4.69, 9.17) is 25.5 Å². The maximum atomic E-state index is 8.36. The van der Waals surface area contributed by atoms with Gasteiger partial charge in [0, 0.05) is 17.5 Å². The Balaban J connectivity index is 0.000000850. The van der Waals surface area contributed by atoms with Gasteiger partial charge in [0.1, 0.15) is 18.1 Å². The smallest absolute Gasteiger partial charge is 0.290 e. The van der Waals surface area contributed by atoms with Crippen molar-refractivity contribution >= 4 is 17.4 Å². The van der Waals surface area contributed by atoms with Gasteiger partial charge in [-0.25, -0.2) is 0 Å². The molecule has 0 bridgehead atoms. The van der Waals surface area contributed by atoms with Crippen molar-refractivity contribution in [3.63, 3.8) is 0 Å². The minimum Gasteiger partial charge on any atom is -0.487 e. The second-order valence-electron chi connectivity index (χ2n) is 8.49. The van der Waals surface area contributed by atoms with Gasteiger partial charge in [-0.3, -0.25) is 9.48 Å². The molecule has 0 aliphatic rings. The number of para-hydroxylation sites is 1. The van der Waals surface area contributed by atoms with Crippen molar-refractivity contribution in [2.45, 2.75) is 66.7 Å². The molecule has 36 heavy (non-hydrogen) atoms. The topological polar surface area (TPSA) is 90.4 Å². The van der Waals surface area contributed by atoms with E-state index in [-0.39, 0.29) is 18.6 Å². The molecule has 6 heteroatoms. The number of aryl methyl sites for hydroxylation is 1. The SMILES string of the molecule is CC.CCc1ccccc1OCc1nn(C(C)C)c2ccc(-c3cccc(C(C)N)c3)cc12.O=CO. The number of benzene rings is 3. The summed E-state index contributed by atoms with van der Waals surface area (Å²) in [5, 5.41) is 12.9. The van der Waals surface area contributed by atoms with E-state index < -0.39 is 0 Å². The largest absolute Gasteiger partial charge is 0.487 e. The van der Waals surface area contributed by atoms with Gasteiger partial charge in [0.05, 0.1) is 5.52 Å². The molecule has 0 aliphatic carbocycles. The third-order valence-corrected chi connectivity index (χ3v) is 5.74. The highest BCUT2D eigenvalue weighted by Crippen LogP contribution is 2.30. The molecule has 1 aromatic heterocycles. The summed E-state index contributed by atoms with van der Waals surface area (Å²) in [4.78, 5) is 8.36. The molecule has 0 saturated carbocycles. The van der Waals surface area contributed by atoms with Crippen LogP contribution in [0.3, 0.4) is 0 Å². The third kappa shape index (κ3) is 6.95. The Kier molecular flexibility index (Phi) is 11.2. The average molecular weight is 490 g/mol. The Morgan fingerprint density at radius 1 is 1.00 bits per heavy atom. The summed E-state index contributed by atoms with van der Waals surface area (Å²) in [6.45, 7) is 12.7. The second-order valence-corrected chi connectivity index (χ2v) is 8.49. The first-order chi connectivity index (χ1) is 17.4. The van der Waals surface area contributed by atoms with Crippen LogP contribution in [-0.4, -0.2) is 21.4 Å². The van der Waals surface area contributed by atoms with Gasteiger partial charge in [-0.05, 0) is 73.7 Å². The lowest BCUT2D eigenvalue weighted by atomic mass is 9.99. The van der Waals surface area contributed by atoms with Crippen molar-refractivity contribution in [1.82, 2.24) is 9.78 Å². The fraction of sp³-hybridized carbons (Fsp3) is 0.333. The van der Waals surface area contributed by atoms with Crippen molar-refractivity contribution in [3.05, 3.63) is 83.6 Å². The quantitative estimate of drug-likeness (QED) is 0.269. The number of ether oxygens (including phenoxy) is 1. The molecule has 192 valence electrons. The van der Waals surface area contributed by atoms with Gasteiger partial charge in [0.25, 0.3) is 6.47 Å². The fourth-order valence-corrected chi connectivity index (χ4v) is 3.97. The zero-order valence-corrected chi connectivity index (χ0v) is 22.2. The predicted octanol–water partition coefficient (Wildman–Crippen LogP) is 7.17. The van der Waals surface area contributed by atoms with Gasteiger partial charge in [0.15, 0.2) is 0 Å². The van der Waals surface area contributed by atoms with E-state index in [2.05, 4.69) is 80.1 Å². The third-order valence-electron chi connectivity index (χ3n) is 5.74. The van der Waals surface area contributed by atoms with Crippen LogP contribution >= 0.6 is 0 Å². The Bertz CT molecular complexity index is 1250. The standard InChI is InChI=1S/C27H31N3O.C2H6.CH2O2/c1-5-20-9-6-7-12-27(20)31-17-25-24-16-23(13-14-26(24)30(29-25)18(2)3)22-11-8-10-21(15-22)19(4)28;1-2;2-1-3/h6-16,18-19H,5,17,28H2,1-4H3;1-2H3;1H,(H,2,3). The van der Waals surface area contributed by atoms with Crippen LogP contribution in [-0.2, 0) is 17.8 Å². The van der Waals surface area contributed by atoms with Crippen LogP contribution in [0.1, 0.15) is 70.4 Å². The predicted molar refractivity (Wildman–Crippen MR) is 148 cm³/mol. The molecule has 4 aromatic rings. The maximum absolute atomic E-state index is 8.36. The van der Waals surface area contributed by atoms with Crippen molar-refractivity contribution in [1.29, 1.82) is 0 Å². The molecule has 0 radical (unpaired) electrons. The summed E-state index contributed by atoms with van der Waals surface area (Å²) in [6.07, 6.45) is 0.942. The first-order valence-electron chi connectivity index (χ1n) is 12.5. The van der Waals surface area contributed by atoms with Crippen molar-refractivity contribution < 1.29 is 14.6 Å². The number of fused-ring (bicyclic) bond motifs is 1. The Morgan fingerprint density at radius 3 is 2.31 bits per heavy atom. The van der Waals surface area contributed by atoms with E-state index in [9.17, 15) is 0 Å². The number of hydrogen-bond acceptors (Lipinski definition) is 4. The molecule has 1 atom stereocenters. The van der Waals surface area contributed by atoms with Crippen molar-refractivity contribution in [2.75, 3.05) is 0 Å². The molecular formula is C30H39N3O3. The zero-order valence-electron chi connectivity index (χ0n) is 22.2. The number of nitrogens with two attached hydrogens (primary N) is 1. The maximum Gasteiger partial charge on any atom is 0.290 e. The van der Waals surface area contributed by atoms with Crippen LogP contribution in [0, 0.1) is 0 Å². The van der Waals surface area contributed by atoms with Crippen LogP contribution < -0.4 is 10.5 Å². The number of carboxylic acid groups (broad SMARTS) is 1. The highest BCUT2D eigenvalue weighted by atomic mass is 16.5. The van der Waals surface area contributed by atoms with E-state index in [1.807, 2.05) is 32.9 Å². The van der Waals surface area contributed by atoms with E-state index in [1.165, 1.54) is 5.56 Å². The molecule has 4 rings (SSSR count). The highest BCUT2D eigenvalue weighted by Gasteiger charge is 2.15. The van der Waals surface area contributed by atoms with Crippen LogP contribution in [0.4, 0.5) is 0 Å². The van der Waals surface area contributed by atoms with Crippen LogP contribution in [0.5, 0.6) is 5.75 Å². The molecule has 3 aromatic carbocycles. The summed E-state index contributed by atoms with van der Waals surface area (Å²) < 4.78 is 8.30. The van der Waals surface area contributed by atoms with Crippen molar-refractivity contribution in [3.8, 4) is 16.9 Å². The first kappa shape index (κ1) is 28.6. The van der Waals surface area contributed by atoms with Gasteiger partial charge in [-0.2, -0.15) is 5.10 Å². The molecule has 6 nitrogen and oxygen atoms in total. The van der Waals surface area contributed by atoms with Crippen LogP contribution in [0.25, 0.3) is 22.0 Å². The molecular weight excluding hydrogens is 450 g/mol. The number of rotatable bonds is 7. The lowest BCUT2D eigenvalue weighted by Crippen LogP contribution is -2.04. The van der Waals surface area contributed by atoms with Gasteiger partial charge in [-0.15, -0.1) is 0 Å². The molecule has 0 spiro atoms. The Morgan fingerprint density at radius 2 is 1.67 bits per heavy atom. The summed E-state index contributed by atoms with van der Waals surface area (Å²) >= 11 is 0. The number of hydrogen-bond donors (Lipinski definition) is 2. The Labute approximate surface area is 214 Å². The number of aromatic nitrogens is 2. The molecule has 3 N–H and O–H groups in total. The molecule has 1 heterocycles. The molecule has 0 saturated heterocycles. The lowest BCUT2D eigenvalue weighted by Gasteiger charge is -2.10. The van der Waals surface area contributed by atoms with Gasteiger partial charge in [0.2, 0.25) is 0 Å². The summed E-state index contributed by atoms with van der Waals surface area (Å²) in [7, 11) is 0. The summed E-state index contributed by atoms with van der Waals surface area (Å²) in [6, 6.07) is 23.5. The highest BCUT2D eigenvalue weighted by molar-refractivity contribution is 5.87. The monoisotopic (exact) mass is 489 g/mol. The number of carbonyl (C=O) groups is 1. The first-order valence-corrected chi connectivity index (χ1v) is 12.5. The van der Waals surface area contributed by atoms with Gasteiger partial charge >= 0.3 is 0 Å². The average Bonchev–Trinajstić information content (AvgIpc) is 3.27. The minimum atomic E-state index is -0.250. The van der Waals surface area contributed by atoms with Gasteiger partial charge < -0.3 is 15.6 Å². The van der Waals surface area contributed by atoms with E-state index in [1.54, 1.807) is 0 Å². The number of nitrogens with zero attached hydrogens (tertiary/aromatic N) is 2. The molecule has 0 amide bonds. The van der Waals surface area contributed by atoms with E-state index >= 15 is 0 Å². The summed E-state index contributed by atoms with van der Waals surface area (Å²) in [5.74, 6) is 0.929. The molecule has 0 fully saturated rings.